The molecule has 0 atom stereocenters. The Hall–Kier alpha value is -3.48. The summed E-state index contributed by atoms with van der Waals surface area (Å²) in [5.41, 5.74) is 7.43. The predicted molar refractivity (Wildman–Crippen MR) is 261 cm³/mol. The molecule has 4 nitrogen and oxygen atoms in total. The standard InChI is InChI=1S/C52H76N4S2/c1-53(2)51-31-27-47(28-32-51)23-25-49-35-41-55(42-36-49)39-19-15-11-7-5-9-13-17-21-45-57-58-46-22-18-14-10-6-8-12-16-20-40-56-43-37-50(38-44-56)26-24-48-29-33-52(34-30-48)54(3)4/h23-38,41-44H,5-22,39-40,45-46H2,1-4H3/q+2. The smallest absolute Gasteiger partial charge is 0.169 e. The highest BCUT2D eigenvalue weighted by Crippen LogP contribution is 2.25. The van der Waals surface area contributed by atoms with Crippen LogP contribution >= 0.6 is 21.6 Å². The Bertz CT molecular complexity index is 1540. The Morgan fingerprint density at radius 1 is 0.345 bits per heavy atom. The first-order valence-corrected chi connectivity index (χ1v) is 25.1. The van der Waals surface area contributed by atoms with E-state index >= 15 is 0 Å². The lowest BCUT2D eigenvalue weighted by molar-refractivity contribution is -0.697. The minimum absolute atomic E-state index is 1.12. The van der Waals surface area contributed by atoms with E-state index in [2.05, 4.69) is 191 Å². The molecular weight excluding hydrogens is 745 g/mol. The van der Waals surface area contributed by atoms with Gasteiger partial charge in [-0.25, -0.2) is 9.13 Å². The largest absolute Gasteiger partial charge is 0.378 e. The summed E-state index contributed by atoms with van der Waals surface area (Å²) in [5.74, 6) is 2.66. The number of hydrogen-bond donors (Lipinski definition) is 0. The Kier molecular flexibility index (Phi) is 24.2. The van der Waals surface area contributed by atoms with Gasteiger partial charge in [0.1, 0.15) is 13.1 Å². The van der Waals surface area contributed by atoms with E-state index in [0.717, 1.165) is 13.1 Å². The van der Waals surface area contributed by atoms with Crippen molar-refractivity contribution in [2.24, 2.45) is 0 Å². The number of nitrogens with zero attached hydrogens (tertiary/aromatic N) is 4. The second-order valence-corrected chi connectivity index (χ2v) is 19.1. The minimum atomic E-state index is 1.12. The van der Waals surface area contributed by atoms with Crippen LogP contribution in [0.25, 0.3) is 24.3 Å². The van der Waals surface area contributed by atoms with Crippen LogP contribution in [0, 0.1) is 0 Å². The number of unbranched alkanes of at least 4 members (excludes halogenated alkanes) is 16. The molecule has 0 saturated carbocycles. The first-order valence-electron chi connectivity index (χ1n) is 22.6. The maximum Gasteiger partial charge on any atom is 0.169 e. The summed E-state index contributed by atoms with van der Waals surface area (Å²) in [5, 5.41) is 0. The predicted octanol–water partition coefficient (Wildman–Crippen LogP) is 13.8. The van der Waals surface area contributed by atoms with Crippen LogP contribution in [0.4, 0.5) is 11.4 Å². The normalized spacial score (nSPS) is 11.6. The Morgan fingerprint density at radius 2 is 0.603 bits per heavy atom. The number of aryl methyl sites for hydroxylation is 2. The molecule has 0 radical (unpaired) electrons. The van der Waals surface area contributed by atoms with Gasteiger partial charge in [0.2, 0.25) is 0 Å². The van der Waals surface area contributed by atoms with E-state index in [9.17, 15) is 0 Å². The molecule has 0 aliphatic carbocycles. The molecule has 0 spiro atoms. The van der Waals surface area contributed by atoms with Crippen molar-refractivity contribution in [2.75, 3.05) is 49.5 Å². The molecule has 2 heterocycles. The summed E-state index contributed by atoms with van der Waals surface area (Å²) in [6.45, 7) is 2.24. The first kappa shape index (κ1) is 47.2. The molecular formula is C52H76N4S2+2. The summed E-state index contributed by atoms with van der Waals surface area (Å²) in [6.07, 6.45) is 42.6. The molecule has 0 amide bonds. The molecule has 0 unspecified atom stereocenters. The highest BCUT2D eigenvalue weighted by molar-refractivity contribution is 8.76. The molecule has 4 rings (SSSR count). The van der Waals surface area contributed by atoms with E-state index in [1.54, 1.807) is 0 Å². The zero-order chi connectivity index (χ0) is 40.9. The van der Waals surface area contributed by atoms with Crippen LogP contribution in [0.3, 0.4) is 0 Å². The maximum atomic E-state index is 2.33. The fourth-order valence-electron chi connectivity index (χ4n) is 7.11. The molecule has 314 valence electrons. The van der Waals surface area contributed by atoms with Crippen molar-refractivity contribution in [3.63, 3.8) is 0 Å². The average Bonchev–Trinajstić information content (AvgIpc) is 3.24. The quantitative estimate of drug-likeness (QED) is 0.0285. The van der Waals surface area contributed by atoms with Crippen LogP contribution in [-0.2, 0) is 13.1 Å². The fraction of sp³-hybridized carbons (Fsp3) is 0.500. The van der Waals surface area contributed by atoms with Crippen LogP contribution in [0.2, 0.25) is 0 Å². The summed E-state index contributed by atoms with van der Waals surface area (Å²) >= 11 is 0. The lowest BCUT2D eigenvalue weighted by Gasteiger charge is -2.11. The number of aromatic nitrogens is 2. The van der Waals surface area contributed by atoms with Crippen molar-refractivity contribution in [3.05, 3.63) is 120 Å². The molecule has 4 aromatic rings. The lowest BCUT2D eigenvalue weighted by Crippen LogP contribution is -2.32. The molecule has 2 aromatic heterocycles. The molecule has 0 aliphatic rings. The van der Waals surface area contributed by atoms with E-state index in [4.69, 9.17) is 0 Å². The van der Waals surface area contributed by atoms with Crippen LogP contribution < -0.4 is 18.9 Å². The number of anilines is 2. The van der Waals surface area contributed by atoms with Gasteiger partial charge >= 0.3 is 0 Å². The molecule has 0 N–H and O–H groups in total. The van der Waals surface area contributed by atoms with Gasteiger partial charge in [-0.2, -0.15) is 0 Å². The van der Waals surface area contributed by atoms with Gasteiger partial charge in [-0.15, -0.1) is 0 Å². The summed E-state index contributed by atoms with van der Waals surface area (Å²) in [6, 6.07) is 26.3. The second-order valence-electron chi connectivity index (χ2n) is 16.4. The van der Waals surface area contributed by atoms with E-state index in [1.807, 2.05) is 0 Å². The van der Waals surface area contributed by atoms with E-state index < -0.39 is 0 Å². The molecule has 2 aromatic carbocycles. The van der Waals surface area contributed by atoms with Gasteiger partial charge < -0.3 is 9.80 Å². The molecule has 0 fully saturated rings. The van der Waals surface area contributed by atoms with Crippen molar-refractivity contribution in [2.45, 2.75) is 129 Å². The van der Waals surface area contributed by atoms with Gasteiger partial charge in [0.05, 0.1) is 0 Å². The van der Waals surface area contributed by atoms with Crippen LogP contribution in [0.1, 0.15) is 138 Å². The molecule has 0 saturated heterocycles. The molecule has 0 bridgehead atoms. The van der Waals surface area contributed by atoms with Crippen LogP contribution in [0.15, 0.2) is 97.6 Å². The topological polar surface area (TPSA) is 14.2 Å². The van der Waals surface area contributed by atoms with Crippen LogP contribution in [0.5, 0.6) is 0 Å². The summed E-state index contributed by atoms with van der Waals surface area (Å²) in [7, 11) is 12.5. The number of rotatable bonds is 31. The van der Waals surface area contributed by atoms with E-state index in [0.29, 0.717) is 0 Å². The van der Waals surface area contributed by atoms with Crippen molar-refractivity contribution in [1.29, 1.82) is 0 Å². The van der Waals surface area contributed by atoms with Gasteiger partial charge in [0.25, 0.3) is 0 Å². The van der Waals surface area contributed by atoms with E-state index in [1.165, 1.54) is 161 Å². The molecule has 58 heavy (non-hydrogen) atoms. The van der Waals surface area contributed by atoms with Gasteiger partial charge in [-0.05, 0) is 72.2 Å². The third-order valence-corrected chi connectivity index (χ3v) is 13.5. The highest BCUT2D eigenvalue weighted by Gasteiger charge is 2.03. The van der Waals surface area contributed by atoms with Crippen molar-refractivity contribution < 1.29 is 9.13 Å². The monoisotopic (exact) mass is 821 g/mol. The van der Waals surface area contributed by atoms with Crippen LogP contribution in [-0.4, -0.2) is 39.7 Å². The zero-order valence-corrected chi connectivity index (χ0v) is 38.3. The van der Waals surface area contributed by atoms with Gasteiger partial charge in [0, 0.05) is 88.2 Å². The Morgan fingerprint density at radius 3 is 0.897 bits per heavy atom. The molecule has 6 heteroatoms. The fourth-order valence-corrected chi connectivity index (χ4v) is 9.41. The summed E-state index contributed by atoms with van der Waals surface area (Å²) in [4.78, 5) is 4.26. The van der Waals surface area contributed by atoms with Crippen molar-refractivity contribution >= 4 is 57.3 Å². The maximum absolute atomic E-state index is 2.33. The number of pyridine rings is 2. The number of benzene rings is 2. The van der Waals surface area contributed by atoms with Gasteiger partial charge in [0.15, 0.2) is 24.8 Å². The third kappa shape index (κ3) is 21.0. The Labute approximate surface area is 362 Å². The van der Waals surface area contributed by atoms with Crippen molar-refractivity contribution in [3.8, 4) is 0 Å². The van der Waals surface area contributed by atoms with E-state index in [-0.39, 0.29) is 0 Å². The zero-order valence-electron chi connectivity index (χ0n) is 36.7. The Balaban J connectivity index is 0.841. The first-order chi connectivity index (χ1) is 28.5. The third-order valence-electron chi connectivity index (χ3n) is 11.0. The van der Waals surface area contributed by atoms with Gasteiger partial charge in [-0.3, -0.25) is 0 Å². The van der Waals surface area contributed by atoms with Gasteiger partial charge in [-0.1, -0.05) is 147 Å². The second kappa shape index (κ2) is 29.7. The van der Waals surface area contributed by atoms with Crippen molar-refractivity contribution in [1.82, 2.24) is 0 Å². The molecule has 0 aliphatic heterocycles. The lowest BCUT2D eigenvalue weighted by atomic mass is 10.1. The minimum Gasteiger partial charge on any atom is -0.378 e. The summed E-state index contributed by atoms with van der Waals surface area (Å²) < 4.78 is 4.66. The highest BCUT2D eigenvalue weighted by atomic mass is 33.1. The number of hydrogen-bond acceptors (Lipinski definition) is 4. The average molecular weight is 821 g/mol. The SMILES string of the molecule is CN(C)c1ccc(/C=C/c2cc[n+](CCCCCCCCCCCSSCCCCCCCCCCC[n+]3ccc(/C=C/c4ccc(N(C)C)cc4)cc3)cc2)cc1.